The van der Waals surface area contributed by atoms with Crippen molar-refractivity contribution in [2.24, 2.45) is 0 Å². The molecule has 0 amide bonds. The lowest BCUT2D eigenvalue weighted by Gasteiger charge is -2.24. The lowest BCUT2D eigenvalue weighted by molar-refractivity contribution is 0.306. The molecule has 84 valence electrons. The Labute approximate surface area is 92.6 Å². The average molecular weight is 207 g/mol. The van der Waals surface area contributed by atoms with Gasteiger partial charge in [0.15, 0.2) is 0 Å². The van der Waals surface area contributed by atoms with Crippen LogP contribution in [0.2, 0.25) is 0 Å². The number of nitrogens with zero attached hydrogens (tertiary/aromatic N) is 3. The lowest BCUT2D eigenvalue weighted by Crippen LogP contribution is -2.28. The molecule has 1 aliphatic rings. The maximum Gasteiger partial charge on any atom is 0.125 e. The summed E-state index contributed by atoms with van der Waals surface area (Å²) >= 11 is 0. The molecule has 0 fully saturated rings. The van der Waals surface area contributed by atoms with E-state index < -0.39 is 0 Å². The quantitative estimate of drug-likeness (QED) is 0.652. The van der Waals surface area contributed by atoms with Gasteiger partial charge in [0.05, 0.1) is 5.69 Å². The van der Waals surface area contributed by atoms with Crippen molar-refractivity contribution in [1.29, 1.82) is 0 Å². The first-order chi connectivity index (χ1) is 7.16. The summed E-state index contributed by atoms with van der Waals surface area (Å²) in [5, 5.41) is 0. The zero-order chi connectivity index (χ0) is 11.4. The summed E-state index contributed by atoms with van der Waals surface area (Å²) in [5.74, 6) is 0.895. The smallest absolute Gasteiger partial charge is 0.125 e. The Morgan fingerprint density at radius 2 is 1.80 bits per heavy atom. The van der Waals surface area contributed by atoms with Gasteiger partial charge in [-0.3, -0.25) is 0 Å². The van der Waals surface area contributed by atoms with Crippen molar-refractivity contribution in [3.05, 3.63) is 22.8 Å². The number of likely N-dealkylation sites (N-methyl/N-ethyl adjacent to an activating group) is 1. The second-order valence-electron chi connectivity index (χ2n) is 3.77. The maximum absolute atomic E-state index is 4.47. The van der Waals surface area contributed by atoms with Crippen LogP contribution < -0.4 is 0 Å². The Hall–Kier alpha value is -0.960. The van der Waals surface area contributed by atoms with Crippen LogP contribution in [-0.2, 0) is 13.0 Å². The highest BCUT2D eigenvalue weighted by atomic mass is 15.1. The molecule has 3 nitrogen and oxygen atoms in total. The van der Waals surface area contributed by atoms with E-state index in [4.69, 9.17) is 0 Å². The molecule has 0 saturated carbocycles. The molecule has 0 saturated heterocycles. The molecule has 1 aliphatic heterocycles. The van der Waals surface area contributed by atoms with Gasteiger partial charge < -0.3 is 4.90 Å². The van der Waals surface area contributed by atoms with Crippen molar-refractivity contribution in [3.8, 4) is 0 Å². The Morgan fingerprint density at radius 3 is 2.47 bits per heavy atom. The highest BCUT2D eigenvalue weighted by Gasteiger charge is 2.17. The summed E-state index contributed by atoms with van der Waals surface area (Å²) in [6, 6.07) is 0. The monoisotopic (exact) mass is 207 g/mol. The SMILES string of the molecule is CC.Cc1nc(C)c2c(n1)CN(C)CC2. The van der Waals surface area contributed by atoms with Crippen LogP contribution >= 0.6 is 0 Å². The second kappa shape index (κ2) is 5.21. The van der Waals surface area contributed by atoms with E-state index in [1.807, 2.05) is 20.8 Å². The predicted octanol–water partition coefficient (Wildman–Crippen LogP) is 2.11. The molecule has 0 atom stereocenters. The third kappa shape index (κ3) is 2.75. The minimum Gasteiger partial charge on any atom is -0.300 e. The molecular weight excluding hydrogens is 186 g/mol. The third-order valence-corrected chi connectivity index (χ3v) is 2.57. The van der Waals surface area contributed by atoms with Gasteiger partial charge in [-0.25, -0.2) is 9.97 Å². The number of aryl methyl sites for hydroxylation is 2. The predicted molar refractivity (Wildman–Crippen MR) is 62.9 cm³/mol. The van der Waals surface area contributed by atoms with Gasteiger partial charge in [-0.2, -0.15) is 0 Å². The summed E-state index contributed by atoms with van der Waals surface area (Å²) in [7, 11) is 2.13. The summed E-state index contributed by atoms with van der Waals surface area (Å²) in [5.41, 5.74) is 3.75. The summed E-state index contributed by atoms with van der Waals surface area (Å²) in [6.45, 7) is 10.1. The molecule has 1 aromatic rings. The minimum absolute atomic E-state index is 0.895. The largest absolute Gasteiger partial charge is 0.300 e. The normalized spacial score (nSPS) is 15.3. The maximum atomic E-state index is 4.47. The van der Waals surface area contributed by atoms with Crippen LogP contribution in [0.3, 0.4) is 0 Å². The van der Waals surface area contributed by atoms with Crippen molar-refractivity contribution in [2.75, 3.05) is 13.6 Å². The number of hydrogen-bond acceptors (Lipinski definition) is 3. The highest BCUT2D eigenvalue weighted by Crippen LogP contribution is 2.18. The number of aromatic nitrogens is 2. The summed E-state index contributed by atoms with van der Waals surface area (Å²) < 4.78 is 0. The number of fused-ring (bicyclic) bond motifs is 1. The van der Waals surface area contributed by atoms with E-state index >= 15 is 0 Å². The molecule has 0 spiro atoms. The fraction of sp³-hybridized carbons (Fsp3) is 0.667. The Balaban J connectivity index is 0.000000531. The van der Waals surface area contributed by atoms with Gasteiger partial charge in [-0.1, -0.05) is 13.8 Å². The highest BCUT2D eigenvalue weighted by molar-refractivity contribution is 5.27. The van der Waals surface area contributed by atoms with Gasteiger partial charge in [0.25, 0.3) is 0 Å². The van der Waals surface area contributed by atoms with Crippen molar-refractivity contribution in [2.45, 2.75) is 40.7 Å². The topological polar surface area (TPSA) is 29.0 Å². The molecule has 0 aromatic carbocycles. The van der Waals surface area contributed by atoms with E-state index in [0.29, 0.717) is 0 Å². The summed E-state index contributed by atoms with van der Waals surface area (Å²) in [4.78, 5) is 11.2. The fourth-order valence-electron chi connectivity index (χ4n) is 1.90. The van der Waals surface area contributed by atoms with Crippen molar-refractivity contribution in [1.82, 2.24) is 14.9 Å². The molecule has 1 aromatic heterocycles. The Bertz CT molecular complexity index is 334. The molecule has 15 heavy (non-hydrogen) atoms. The standard InChI is InChI=1S/C10H15N3.C2H6/c1-7-9-4-5-13(3)6-10(9)12-8(2)11-7;1-2/h4-6H2,1-3H3;1-2H3. The van der Waals surface area contributed by atoms with E-state index in [0.717, 1.165) is 31.0 Å². The van der Waals surface area contributed by atoms with Gasteiger partial charge in [0.1, 0.15) is 5.82 Å². The van der Waals surface area contributed by atoms with Crippen LogP contribution in [0.15, 0.2) is 0 Å². The van der Waals surface area contributed by atoms with Gasteiger partial charge in [0.2, 0.25) is 0 Å². The molecule has 0 bridgehead atoms. The van der Waals surface area contributed by atoms with E-state index in [1.165, 1.54) is 11.3 Å². The van der Waals surface area contributed by atoms with Gasteiger partial charge in [0, 0.05) is 18.8 Å². The van der Waals surface area contributed by atoms with Crippen LogP contribution in [-0.4, -0.2) is 28.5 Å². The first-order valence-electron chi connectivity index (χ1n) is 5.68. The minimum atomic E-state index is 0.895. The van der Waals surface area contributed by atoms with Crippen LogP contribution in [0, 0.1) is 13.8 Å². The fourth-order valence-corrected chi connectivity index (χ4v) is 1.90. The van der Waals surface area contributed by atoms with Crippen LogP contribution in [0.1, 0.15) is 36.6 Å². The van der Waals surface area contributed by atoms with Gasteiger partial charge >= 0.3 is 0 Å². The Kier molecular flexibility index (Phi) is 4.21. The van der Waals surface area contributed by atoms with Crippen LogP contribution in [0.5, 0.6) is 0 Å². The number of hydrogen-bond donors (Lipinski definition) is 0. The van der Waals surface area contributed by atoms with Gasteiger partial charge in [-0.05, 0) is 32.9 Å². The summed E-state index contributed by atoms with van der Waals surface area (Å²) in [6.07, 6.45) is 1.10. The zero-order valence-electron chi connectivity index (χ0n) is 10.5. The van der Waals surface area contributed by atoms with E-state index in [9.17, 15) is 0 Å². The van der Waals surface area contributed by atoms with Crippen molar-refractivity contribution >= 4 is 0 Å². The molecule has 0 aliphatic carbocycles. The Morgan fingerprint density at radius 1 is 1.13 bits per heavy atom. The van der Waals surface area contributed by atoms with E-state index in [1.54, 1.807) is 0 Å². The van der Waals surface area contributed by atoms with Crippen molar-refractivity contribution < 1.29 is 0 Å². The molecule has 2 heterocycles. The lowest BCUT2D eigenvalue weighted by atomic mass is 10.0. The zero-order valence-corrected chi connectivity index (χ0v) is 10.5. The molecule has 3 heteroatoms. The van der Waals surface area contributed by atoms with Crippen molar-refractivity contribution in [3.63, 3.8) is 0 Å². The van der Waals surface area contributed by atoms with Gasteiger partial charge in [-0.15, -0.1) is 0 Å². The first-order valence-corrected chi connectivity index (χ1v) is 5.68. The first kappa shape index (κ1) is 12.1. The molecule has 0 N–H and O–H groups in total. The van der Waals surface area contributed by atoms with Crippen LogP contribution in [0.4, 0.5) is 0 Å². The molecule has 0 unspecified atom stereocenters. The average Bonchev–Trinajstić information content (AvgIpc) is 2.19. The van der Waals surface area contributed by atoms with Crippen LogP contribution in [0.25, 0.3) is 0 Å². The third-order valence-electron chi connectivity index (χ3n) is 2.57. The second-order valence-corrected chi connectivity index (χ2v) is 3.77. The number of rotatable bonds is 0. The van der Waals surface area contributed by atoms with E-state index in [-0.39, 0.29) is 0 Å². The molecule has 0 radical (unpaired) electrons. The molecular formula is C12H21N3. The van der Waals surface area contributed by atoms with E-state index in [2.05, 4.69) is 28.8 Å². The molecule has 2 rings (SSSR count).